The van der Waals surface area contributed by atoms with Crippen molar-refractivity contribution in [2.75, 3.05) is 24.4 Å². The zero-order valence-electron chi connectivity index (χ0n) is 18.7. The minimum absolute atomic E-state index is 0.0141. The van der Waals surface area contributed by atoms with Crippen molar-refractivity contribution in [3.63, 3.8) is 0 Å². The Kier molecular flexibility index (Phi) is 8.19. The molecular weight excluding hydrogens is 441 g/mol. The summed E-state index contributed by atoms with van der Waals surface area (Å²) in [5.41, 5.74) is 1.14. The van der Waals surface area contributed by atoms with Crippen LogP contribution in [-0.2, 0) is 10.0 Å². The van der Waals surface area contributed by atoms with E-state index in [4.69, 9.17) is 0 Å². The van der Waals surface area contributed by atoms with Crippen LogP contribution in [0.4, 0.5) is 10.1 Å². The second-order valence-electron chi connectivity index (χ2n) is 7.47. The average Bonchev–Trinajstić information content (AvgIpc) is 2.83. The summed E-state index contributed by atoms with van der Waals surface area (Å²) in [6.45, 7) is 6.15. The Balaban J connectivity index is 1.76. The Morgan fingerprint density at radius 3 is 2.27 bits per heavy atom. The molecule has 2 N–H and O–H groups in total. The first kappa shape index (κ1) is 24.4. The van der Waals surface area contributed by atoms with E-state index in [1.54, 1.807) is 6.07 Å². The number of carbonyl (C=O) groups is 1. The van der Waals surface area contributed by atoms with Crippen molar-refractivity contribution in [2.24, 2.45) is 0 Å². The molecule has 174 valence electrons. The highest BCUT2D eigenvalue weighted by molar-refractivity contribution is 7.92. The molecule has 0 spiro atoms. The quantitative estimate of drug-likeness (QED) is 0.460. The van der Waals surface area contributed by atoms with Gasteiger partial charge < -0.3 is 5.32 Å². The highest BCUT2D eigenvalue weighted by Crippen LogP contribution is 2.21. The van der Waals surface area contributed by atoms with Crippen molar-refractivity contribution in [3.05, 3.63) is 95.8 Å². The lowest BCUT2D eigenvalue weighted by Gasteiger charge is -2.30. The third-order valence-electron chi connectivity index (χ3n) is 5.42. The topological polar surface area (TPSA) is 78.5 Å². The van der Waals surface area contributed by atoms with E-state index < -0.39 is 15.8 Å². The van der Waals surface area contributed by atoms with Gasteiger partial charge >= 0.3 is 0 Å². The number of nitrogens with one attached hydrogen (secondary N) is 2. The minimum atomic E-state index is -4.07. The van der Waals surface area contributed by atoms with Gasteiger partial charge in [-0.05, 0) is 49.0 Å². The van der Waals surface area contributed by atoms with E-state index in [1.807, 2.05) is 30.3 Å². The van der Waals surface area contributed by atoms with E-state index in [9.17, 15) is 17.6 Å². The number of rotatable bonds is 10. The lowest BCUT2D eigenvalue weighted by molar-refractivity contribution is 0.0934. The highest BCUT2D eigenvalue weighted by atomic mass is 32.2. The largest absolute Gasteiger partial charge is 0.350 e. The molecule has 1 unspecified atom stereocenters. The van der Waals surface area contributed by atoms with Gasteiger partial charge in [0.2, 0.25) is 0 Å². The first-order valence-corrected chi connectivity index (χ1v) is 12.3. The number of halogens is 1. The van der Waals surface area contributed by atoms with Crippen molar-refractivity contribution in [2.45, 2.75) is 24.8 Å². The van der Waals surface area contributed by atoms with Crippen LogP contribution in [0.1, 0.15) is 35.8 Å². The molecule has 0 aliphatic rings. The number of amides is 1. The van der Waals surface area contributed by atoms with Crippen LogP contribution in [0.15, 0.2) is 83.8 Å². The van der Waals surface area contributed by atoms with Gasteiger partial charge in [-0.1, -0.05) is 62.4 Å². The minimum Gasteiger partial charge on any atom is -0.350 e. The average molecular weight is 470 g/mol. The van der Waals surface area contributed by atoms with Crippen molar-refractivity contribution in [1.82, 2.24) is 10.2 Å². The molecule has 1 atom stereocenters. The number of hydrogen-bond acceptors (Lipinski definition) is 4. The smallest absolute Gasteiger partial charge is 0.262 e. The molecule has 8 heteroatoms. The fourth-order valence-electron chi connectivity index (χ4n) is 3.64. The molecule has 33 heavy (non-hydrogen) atoms. The van der Waals surface area contributed by atoms with Crippen LogP contribution in [0.5, 0.6) is 0 Å². The maximum Gasteiger partial charge on any atom is 0.262 e. The Bertz CT molecular complexity index is 1180. The van der Waals surface area contributed by atoms with Gasteiger partial charge in [-0.25, -0.2) is 12.8 Å². The summed E-state index contributed by atoms with van der Waals surface area (Å²) in [5, 5.41) is 2.93. The molecular formula is C25H28FN3O3S. The van der Waals surface area contributed by atoms with Crippen LogP contribution in [0.2, 0.25) is 0 Å². The van der Waals surface area contributed by atoms with Gasteiger partial charge in [0, 0.05) is 12.1 Å². The molecule has 0 saturated carbocycles. The molecule has 0 aromatic heterocycles. The van der Waals surface area contributed by atoms with E-state index >= 15 is 0 Å². The van der Waals surface area contributed by atoms with Crippen LogP contribution >= 0.6 is 0 Å². The lowest BCUT2D eigenvalue weighted by atomic mass is 10.0. The molecule has 0 heterocycles. The second-order valence-corrected chi connectivity index (χ2v) is 9.15. The summed E-state index contributed by atoms with van der Waals surface area (Å²) < 4.78 is 41.6. The second kappa shape index (κ2) is 11.1. The van der Waals surface area contributed by atoms with Crippen molar-refractivity contribution < 1.29 is 17.6 Å². The van der Waals surface area contributed by atoms with Crippen molar-refractivity contribution in [1.29, 1.82) is 0 Å². The van der Waals surface area contributed by atoms with Crippen LogP contribution < -0.4 is 10.0 Å². The van der Waals surface area contributed by atoms with Crippen LogP contribution in [0.3, 0.4) is 0 Å². The molecule has 0 saturated heterocycles. The maximum absolute atomic E-state index is 13.9. The van der Waals surface area contributed by atoms with Gasteiger partial charge in [-0.15, -0.1) is 0 Å². The third kappa shape index (κ3) is 6.18. The SMILES string of the molecule is CCN(CC)C(CNC(=O)c1cccc(S(=O)(=O)Nc2ccccc2F)c1)c1ccccc1. The Morgan fingerprint density at radius 1 is 0.939 bits per heavy atom. The first-order chi connectivity index (χ1) is 15.9. The summed E-state index contributed by atoms with van der Waals surface area (Å²) in [7, 11) is -4.07. The number of hydrogen-bond donors (Lipinski definition) is 2. The van der Waals surface area contributed by atoms with E-state index in [2.05, 4.69) is 28.8 Å². The first-order valence-electron chi connectivity index (χ1n) is 10.8. The van der Waals surface area contributed by atoms with E-state index in [-0.39, 0.29) is 28.1 Å². The summed E-state index contributed by atoms with van der Waals surface area (Å²) in [6.07, 6.45) is 0. The number of para-hydroxylation sites is 1. The summed E-state index contributed by atoms with van der Waals surface area (Å²) in [5.74, 6) is -1.07. The maximum atomic E-state index is 13.9. The zero-order valence-corrected chi connectivity index (χ0v) is 19.5. The van der Waals surface area contributed by atoms with Gasteiger partial charge in [0.15, 0.2) is 0 Å². The molecule has 0 aliphatic carbocycles. The summed E-state index contributed by atoms with van der Waals surface area (Å²) in [4.78, 5) is 15.0. The van der Waals surface area contributed by atoms with Crippen molar-refractivity contribution >= 4 is 21.6 Å². The number of sulfonamides is 1. The standard InChI is InChI=1S/C25H28FN3O3S/c1-3-29(4-2)24(19-11-6-5-7-12-19)18-27-25(30)20-13-10-14-21(17-20)33(31,32)28-23-16-9-8-15-22(23)26/h5-17,24,28H,3-4,18H2,1-2H3,(H,27,30). The van der Waals surface area contributed by atoms with E-state index in [0.29, 0.717) is 6.54 Å². The van der Waals surface area contributed by atoms with Gasteiger partial charge in [-0.2, -0.15) is 0 Å². The Morgan fingerprint density at radius 2 is 1.61 bits per heavy atom. The summed E-state index contributed by atoms with van der Waals surface area (Å²) in [6, 6.07) is 21.1. The zero-order chi connectivity index (χ0) is 23.8. The van der Waals surface area contributed by atoms with Gasteiger partial charge in [0.1, 0.15) is 5.82 Å². The number of nitrogens with zero attached hydrogens (tertiary/aromatic N) is 1. The molecule has 1 amide bonds. The monoisotopic (exact) mass is 469 g/mol. The van der Waals surface area contributed by atoms with Gasteiger partial charge in [0.25, 0.3) is 15.9 Å². The molecule has 3 aromatic rings. The van der Waals surface area contributed by atoms with Crippen LogP contribution in [0.25, 0.3) is 0 Å². The predicted molar refractivity (Wildman–Crippen MR) is 128 cm³/mol. The number of anilines is 1. The number of carbonyl (C=O) groups excluding carboxylic acids is 1. The van der Waals surface area contributed by atoms with E-state index in [1.165, 1.54) is 42.5 Å². The van der Waals surface area contributed by atoms with Gasteiger partial charge in [-0.3, -0.25) is 14.4 Å². The number of likely N-dealkylation sites (N-methyl/N-ethyl adjacent to an activating group) is 1. The van der Waals surface area contributed by atoms with Crippen LogP contribution in [0, 0.1) is 5.82 Å². The van der Waals surface area contributed by atoms with Gasteiger partial charge in [0.05, 0.1) is 16.6 Å². The molecule has 6 nitrogen and oxygen atoms in total. The molecule has 0 radical (unpaired) electrons. The fraction of sp³-hybridized carbons (Fsp3) is 0.240. The van der Waals surface area contributed by atoms with Crippen LogP contribution in [-0.4, -0.2) is 38.9 Å². The lowest BCUT2D eigenvalue weighted by Crippen LogP contribution is -2.38. The molecule has 0 fully saturated rings. The highest BCUT2D eigenvalue weighted by Gasteiger charge is 2.21. The third-order valence-corrected chi connectivity index (χ3v) is 6.78. The molecule has 3 rings (SSSR count). The van der Waals surface area contributed by atoms with Crippen molar-refractivity contribution in [3.8, 4) is 0 Å². The van der Waals surface area contributed by atoms with E-state index in [0.717, 1.165) is 18.7 Å². The Labute approximate surface area is 194 Å². The normalized spacial score (nSPS) is 12.4. The fourth-order valence-corrected chi connectivity index (χ4v) is 4.75. The number of benzene rings is 3. The summed E-state index contributed by atoms with van der Waals surface area (Å²) >= 11 is 0. The predicted octanol–water partition coefficient (Wildman–Crippen LogP) is 4.44. The molecule has 0 aliphatic heterocycles. The molecule has 3 aromatic carbocycles. The molecule has 0 bridgehead atoms. The Hall–Kier alpha value is -3.23.